The molecular formula is C26H39N3O3. The van der Waals surface area contributed by atoms with Crippen LogP contribution in [-0.2, 0) is 11.2 Å². The van der Waals surface area contributed by atoms with E-state index in [0.717, 1.165) is 56.3 Å². The maximum Gasteiger partial charge on any atom is 0.261 e. The van der Waals surface area contributed by atoms with Gasteiger partial charge in [-0.1, -0.05) is 39.5 Å². The molecule has 1 saturated carbocycles. The largest absolute Gasteiger partial charge is 0.393 e. The van der Waals surface area contributed by atoms with E-state index in [4.69, 9.17) is 9.72 Å². The van der Waals surface area contributed by atoms with Gasteiger partial charge in [0.25, 0.3) is 5.56 Å². The summed E-state index contributed by atoms with van der Waals surface area (Å²) in [6.45, 7) is 5.91. The number of pyridine rings is 1. The van der Waals surface area contributed by atoms with E-state index in [1.54, 1.807) is 6.20 Å². The molecule has 0 bridgehead atoms. The average molecular weight is 442 g/mol. The molecule has 1 saturated heterocycles. The van der Waals surface area contributed by atoms with Crippen LogP contribution in [0, 0.1) is 5.92 Å². The second kappa shape index (κ2) is 10.9. The number of fused-ring (bicyclic) bond motifs is 1. The van der Waals surface area contributed by atoms with Crippen LogP contribution >= 0.6 is 0 Å². The van der Waals surface area contributed by atoms with Crippen molar-refractivity contribution in [2.24, 2.45) is 5.92 Å². The molecule has 1 atom stereocenters. The molecule has 1 N–H and O–H groups in total. The zero-order chi connectivity index (χ0) is 22.5. The SMILES string of the molecule is CCCCC[C@H](C)Cc1ncc2c(=O)n(C3CCOCC3)cc(C3CCC(O)CC3)c2n1. The predicted octanol–water partition coefficient (Wildman–Crippen LogP) is 4.92. The summed E-state index contributed by atoms with van der Waals surface area (Å²) in [6, 6.07) is 0.173. The summed E-state index contributed by atoms with van der Waals surface area (Å²) in [7, 11) is 0. The number of ether oxygens (including phenoxy) is 1. The van der Waals surface area contributed by atoms with Crippen LogP contribution in [0.2, 0.25) is 0 Å². The summed E-state index contributed by atoms with van der Waals surface area (Å²) in [6.07, 6.45) is 14.7. The van der Waals surface area contributed by atoms with Crippen LogP contribution in [0.5, 0.6) is 0 Å². The van der Waals surface area contributed by atoms with Crippen molar-refractivity contribution in [3.05, 3.63) is 34.1 Å². The normalized spacial score (nSPS) is 23.5. The van der Waals surface area contributed by atoms with Crippen molar-refractivity contribution >= 4 is 10.9 Å². The van der Waals surface area contributed by atoms with Gasteiger partial charge in [0.15, 0.2) is 0 Å². The predicted molar refractivity (Wildman–Crippen MR) is 127 cm³/mol. The van der Waals surface area contributed by atoms with Crippen molar-refractivity contribution in [2.45, 2.75) is 103 Å². The maximum atomic E-state index is 13.4. The highest BCUT2D eigenvalue weighted by atomic mass is 16.5. The van der Waals surface area contributed by atoms with Crippen LogP contribution < -0.4 is 5.56 Å². The van der Waals surface area contributed by atoms with Gasteiger partial charge in [-0.3, -0.25) is 4.79 Å². The monoisotopic (exact) mass is 441 g/mol. The van der Waals surface area contributed by atoms with Gasteiger partial charge in [-0.25, -0.2) is 9.97 Å². The number of aliphatic hydroxyl groups is 1. The Morgan fingerprint density at radius 2 is 1.91 bits per heavy atom. The molecule has 4 rings (SSSR count). The number of aromatic nitrogens is 3. The number of hydrogen-bond donors (Lipinski definition) is 1. The molecule has 176 valence electrons. The third-order valence-corrected chi connectivity index (χ3v) is 7.41. The Balaban J connectivity index is 1.69. The molecule has 0 aromatic carbocycles. The first kappa shape index (κ1) is 23.4. The Morgan fingerprint density at radius 3 is 2.62 bits per heavy atom. The molecule has 2 aliphatic rings. The molecule has 0 unspecified atom stereocenters. The summed E-state index contributed by atoms with van der Waals surface area (Å²) >= 11 is 0. The Kier molecular flexibility index (Phi) is 7.95. The second-order valence-electron chi connectivity index (χ2n) is 10.00. The molecule has 6 heteroatoms. The lowest BCUT2D eigenvalue weighted by atomic mass is 9.82. The van der Waals surface area contributed by atoms with Gasteiger partial charge in [-0.15, -0.1) is 0 Å². The van der Waals surface area contributed by atoms with Crippen molar-refractivity contribution in [3.63, 3.8) is 0 Å². The lowest BCUT2D eigenvalue weighted by Crippen LogP contribution is -2.30. The smallest absolute Gasteiger partial charge is 0.261 e. The van der Waals surface area contributed by atoms with E-state index in [1.807, 2.05) is 4.57 Å². The Bertz CT molecular complexity index is 943. The van der Waals surface area contributed by atoms with Crippen molar-refractivity contribution in [1.82, 2.24) is 14.5 Å². The topological polar surface area (TPSA) is 77.2 Å². The minimum absolute atomic E-state index is 0.0223. The van der Waals surface area contributed by atoms with Crippen molar-refractivity contribution in [2.75, 3.05) is 13.2 Å². The Labute approximate surface area is 191 Å². The maximum absolute atomic E-state index is 13.4. The zero-order valence-electron chi connectivity index (χ0n) is 19.8. The van der Waals surface area contributed by atoms with Gasteiger partial charge >= 0.3 is 0 Å². The lowest BCUT2D eigenvalue weighted by molar-refractivity contribution is 0.0686. The lowest BCUT2D eigenvalue weighted by Gasteiger charge is -2.29. The fourth-order valence-corrected chi connectivity index (χ4v) is 5.38. The van der Waals surface area contributed by atoms with E-state index in [2.05, 4.69) is 25.0 Å². The fraction of sp³-hybridized carbons (Fsp3) is 0.731. The minimum Gasteiger partial charge on any atom is -0.393 e. The Morgan fingerprint density at radius 1 is 1.16 bits per heavy atom. The number of hydrogen-bond acceptors (Lipinski definition) is 5. The highest BCUT2D eigenvalue weighted by Crippen LogP contribution is 2.36. The van der Waals surface area contributed by atoms with Crippen LogP contribution in [0.25, 0.3) is 10.9 Å². The standard InChI is InChI=1S/C26H39N3O3/c1-3-4-5-6-18(2)15-24-27-16-22-25(28-24)23(19-7-9-21(30)10-8-19)17-29(26(22)31)20-11-13-32-14-12-20/h16-21,30H,3-15H2,1-2H3/t18-,19?,21?/m0/s1. The molecule has 1 aliphatic heterocycles. The molecule has 2 aromatic heterocycles. The summed E-state index contributed by atoms with van der Waals surface area (Å²) in [5, 5.41) is 10.7. The van der Waals surface area contributed by atoms with E-state index in [-0.39, 0.29) is 17.7 Å². The third kappa shape index (κ3) is 5.40. The van der Waals surface area contributed by atoms with Gasteiger partial charge in [-0.2, -0.15) is 0 Å². The van der Waals surface area contributed by atoms with Gasteiger partial charge in [0.05, 0.1) is 17.0 Å². The van der Waals surface area contributed by atoms with Gasteiger partial charge in [0.1, 0.15) is 5.82 Å². The first-order valence-electron chi connectivity index (χ1n) is 12.7. The molecule has 32 heavy (non-hydrogen) atoms. The zero-order valence-corrected chi connectivity index (χ0v) is 19.8. The number of nitrogens with zero attached hydrogens (tertiary/aromatic N) is 3. The summed E-state index contributed by atoms with van der Waals surface area (Å²) in [4.78, 5) is 23.0. The molecule has 1 aliphatic carbocycles. The summed E-state index contributed by atoms with van der Waals surface area (Å²) < 4.78 is 7.46. The first-order valence-corrected chi connectivity index (χ1v) is 12.7. The van der Waals surface area contributed by atoms with E-state index in [9.17, 15) is 9.90 Å². The number of rotatable bonds is 8. The molecule has 2 fully saturated rings. The second-order valence-corrected chi connectivity index (χ2v) is 10.00. The number of unbranched alkanes of at least 4 members (excludes halogenated alkanes) is 2. The minimum atomic E-state index is -0.201. The van der Waals surface area contributed by atoms with E-state index < -0.39 is 0 Å². The van der Waals surface area contributed by atoms with Crippen LogP contribution in [0.15, 0.2) is 17.2 Å². The quantitative estimate of drug-likeness (QED) is 0.588. The van der Waals surface area contributed by atoms with Crippen molar-refractivity contribution < 1.29 is 9.84 Å². The summed E-state index contributed by atoms with van der Waals surface area (Å²) in [5.74, 6) is 1.72. The van der Waals surface area contributed by atoms with Crippen molar-refractivity contribution in [1.29, 1.82) is 0 Å². The van der Waals surface area contributed by atoms with E-state index >= 15 is 0 Å². The van der Waals surface area contributed by atoms with E-state index in [1.165, 1.54) is 31.2 Å². The molecular weight excluding hydrogens is 402 g/mol. The summed E-state index contributed by atoms with van der Waals surface area (Å²) in [5.41, 5.74) is 2.03. The highest BCUT2D eigenvalue weighted by Gasteiger charge is 2.27. The van der Waals surface area contributed by atoms with Crippen LogP contribution in [0.1, 0.15) is 101 Å². The molecule has 6 nitrogen and oxygen atoms in total. The fourth-order valence-electron chi connectivity index (χ4n) is 5.38. The van der Waals surface area contributed by atoms with E-state index in [0.29, 0.717) is 30.4 Å². The molecule has 2 aromatic rings. The van der Waals surface area contributed by atoms with Gasteiger partial charge in [-0.05, 0) is 55.9 Å². The molecule has 0 spiro atoms. The van der Waals surface area contributed by atoms with Gasteiger partial charge in [0, 0.05) is 38.1 Å². The molecule has 0 radical (unpaired) electrons. The highest BCUT2D eigenvalue weighted by molar-refractivity contribution is 5.80. The third-order valence-electron chi connectivity index (χ3n) is 7.41. The van der Waals surface area contributed by atoms with Gasteiger partial charge < -0.3 is 14.4 Å². The van der Waals surface area contributed by atoms with Crippen LogP contribution in [0.3, 0.4) is 0 Å². The molecule has 3 heterocycles. The van der Waals surface area contributed by atoms with Gasteiger partial charge in [0.2, 0.25) is 0 Å². The van der Waals surface area contributed by atoms with Crippen LogP contribution in [0.4, 0.5) is 0 Å². The Hall–Kier alpha value is -1.79. The average Bonchev–Trinajstić information content (AvgIpc) is 2.81. The molecule has 0 amide bonds. The van der Waals surface area contributed by atoms with Crippen molar-refractivity contribution in [3.8, 4) is 0 Å². The first-order chi connectivity index (χ1) is 15.6. The number of aliphatic hydroxyl groups excluding tert-OH is 1. The van der Waals surface area contributed by atoms with Crippen LogP contribution in [-0.4, -0.2) is 39.0 Å².